The molecule has 8 atom stereocenters. The Bertz CT molecular complexity index is 843. The van der Waals surface area contributed by atoms with Crippen molar-refractivity contribution in [1.82, 2.24) is 4.90 Å². The van der Waals surface area contributed by atoms with Crippen molar-refractivity contribution in [3.05, 3.63) is 11.6 Å². The molecule has 0 aromatic rings. The fourth-order valence-corrected chi connectivity index (χ4v) is 10.4. The molecule has 1 saturated heterocycles. The smallest absolute Gasteiger partial charge is 0.307 e. The van der Waals surface area contributed by atoms with Crippen molar-refractivity contribution < 1.29 is 9.53 Å². The summed E-state index contributed by atoms with van der Waals surface area (Å²) in [6.07, 6.45) is 21.8. The third-order valence-corrected chi connectivity index (χ3v) is 12.6. The fraction of sp³-hybridized carbons (Fsp3) is 0.914. The summed E-state index contributed by atoms with van der Waals surface area (Å²) >= 11 is 0. The topological polar surface area (TPSA) is 29.5 Å². The molecule has 0 spiro atoms. The maximum absolute atomic E-state index is 12.7. The Morgan fingerprint density at radius 1 is 1.00 bits per heavy atom. The summed E-state index contributed by atoms with van der Waals surface area (Å²) in [5.41, 5.74) is 2.53. The van der Waals surface area contributed by atoms with Gasteiger partial charge in [-0.25, -0.2) is 0 Å². The number of carbonyl (C=O) groups is 1. The summed E-state index contributed by atoms with van der Waals surface area (Å²) in [5, 5.41) is 0. The molecule has 3 saturated carbocycles. The fourth-order valence-electron chi connectivity index (χ4n) is 10.4. The number of esters is 1. The van der Waals surface area contributed by atoms with Gasteiger partial charge in [0.05, 0.1) is 6.42 Å². The number of piperidine rings is 1. The quantitative estimate of drug-likeness (QED) is 0.222. The molecule has 5 rings (SSSR count). The first-order valence-electron chi connectivity index (χ1n) is 16.8. The van der Waals surface area contributed by atoms with Crippen LogP contribution in [0.4, 0.5) is 0 Å². The van der Waals surface area contributed by atoms with Crippen molar-refractivity contribution in [1.29, 1.82) is 0 Å². The molecule has 0 bridgehead atoms. The molecule has 0 radical (unpaired) electrons. The number of hydrogen-bond acceptors (Lipinski definition) is 3. The second-order valence-corrected chi connectivity index (χ2v) is 15.3. The molecule has 4 aliphatic carbocycles. The molecule has 1 aliphatic heterocycles. The zero-order valence-corrected chi connectivity index (χ0v) is 25.6. The van der Waals surface area contributed by atoms with E-state index in [4.69, 9.17) is 4.74 Å². The lowest BCUT2D eigenvalue weighted by Gasteiger charge is -2.58. The van der Waals surface area contributed by atoms with Crippen molar-refractivity contribution in [2.75, 3.05) is 19.6 Å². The van der Waals surface area contributed by atoms with Crippen LogP contribution in [0.2, 0.25) is 0 Å². The minimum absolute atomic E-state index is 0.0337. The van der Waals surface area contributed by atoms with Crippen LogP contribution in [0.25, 0.3) is 0 Å². The first kappa shape index (κ1) is 28.7. The number of carbonyl (C=O) groups excluding carboxylic acids is 1. The van der Waals surface area contributed by atoms with Crippen LogP contribution in [0.5, 0.6) is 0 Å². The van der Waals surface area contributed by atoms with E-state index in [1.54, 1.807) is 5.57 Å². The zero-order valence-electron chi connectivity index (χ0n) is 25.6. The largest absolute Gasteiger partial charge is 0.462 e. The maximum atomic E-state index is 12.7. The van der Waals surface area contributed by atoms with E-state index in [-0.39, 0.29) is 12.1 Å². The van der Waals surface area contributed by atoms with Gasteiger partial charge in [-0.2, -0.15) is 0 Å². The number of nitrogens with zero attached hydrogens (tertiary/aromatic N) is 1. The second kappa shape index (κ2) is 12.0. The maximum Gasteiger partial charge on any atom is 0.307 e. The van der Waals surface area contributed by atoms with E-state index in [1.165, 1.54) is 77.0 Å². The van der Waals surface area contributed by atoms with Gasteiger partial charge in [0.15, 0.2) is 0 Å². The predicted molar refractivity (Wildman–Crippen MR) is 158 cm³/mol. The van der Waals surface area contributed by atoms with Gasteiger partial charge in [0, 0.05) is 13.0 Å². The normalized spacial score (nSPS) is 40.2. The Morgan fingerprint density at radius 2 is 1.79 bits per heavy atom. The van der Waals surface area contributed by atoms with Gasteiger partial charge in [-0.15, -0.1) is 0 Å². The molecule has 1 heterocycles. The van der Waals surface area contributed by atoms with Crippen molar-refractivity contribution in [3.63, 3.8) is 0 Å². The van der Waals surface area contributed by atoms with Crippen molar-refractivity contribution in [2.24, 2.45) is 46.3 Å². The molecule has 5 aliphatic rings. The van der Waals surface area contributed by atoms with Crippen LogP contribution in [-0.4, -0.2) is 36.6 Å². The number of allylic oxidation sites excluding steroid dienone is 1. The highest BCUT2D eigenvalue weighted by atomic mass is 16.5. The highest BCUT2D eigenvalue weighted by molar-refractivity contribution is 5.69. The molecule has 0 unspecified atom stereocenters. The van der Waals surface area contributed by atoms with Crippen molar-refractivity contribution in [2.45, 2.75) is 137 Å². The number of ether oxygens (including phenoxy) is 1. The van der Waals surface area contributed by atoms with Crippen LogP contribution >= 0.6 is 0 Å². The molecule has 216 valence electrons. The second-order valence-electron chi connectivity index (χ2n) is 15.3. The molecule has 38 heavy (non-hydrogen) atoms. The van der Waals surface area contributed by atoms with E-state index < -0.39 is 0 Å². The van der Waals surface area contributed by atoms with E-state index in [0.29, 0.717) is 17.3 Å². The molecule has 0 amide bonds. The Labute approximate surface area is 234 Å². The van der Waals surface area contributed by atoms with E-state index in [0.717, 1.165) is 68.0 Å². The highest BCUT2D eigenvalue weighted by Gasteiger charge is 2.59. The van der Waals surface area contributed by atoms with Gasteiger partial charge in [0.1, 0.15) is 6.10 Å². The number of likely N-dealkylation sites (tertiary alicyclic amines) is 1. The molecular weight excluding hydrogens is 466 g/mol. The van der Waals surface area contributed by atoms with Crippen LogP contribution in [-0.2, 0) is 9.53 Å². The van der Waals surface area contributed by atoms with Crippen LogP contribution in [0.15, 0.2) is 11.6 Å². The summed E-state index contributed by atoms with van der Waals surface area (Å²) in [6.45, 7) is 15.8. The number of hydrogen-bond donors (Lipinski definition) is 0. The van der Waals surface area contributed by atoms with Crippen LogP contribution in [0.1, 0.15) is 131 Å². The molecule has 0 aromatic heterocycles. The molecule has 0 aromatic carbocycles. The van der Waals surface area contributed by atoms with Gasteiger partial charge >= 0.3 is 5.97 Å². The Morgan fingerprint density at radius 3 is 2.55 bits per heavy atom. The third kappa shape index (κ3) is 5.80. The Hall–Kier alpha value is -0.830. The average molecular weight is 526 g/mol. The monoisotopic (exact) mass is 525 g/mol. The summed E-state index contributed by atoms with van der Waals surface area (Å²) in [6, 6.07) is 0. The van der Waals surface area contributed by atoms with E-state index in [2.05, 4.69) is 45.6 Å². The van der Waals surface area contributed by atoms with Crippen molar-refractivity contribution >= 4 is 5.97 Å². The highest BCUT2D eigenvalue weighted by Crippen LogP contribution is 2.67. The molecule has 3 nitrogen and oxygen atoms in total. The van der Waals surface area contributed by atoms with Gasteiger partial charge in [-0.05, 0) is 117 Å². The third-order valence-electron chi connectivity index (χ3n) is 12.6. The Balaban J connectivity index is 1.17. The minimum Gasteiger partial charge on any atom is -0.462 e. The lowest BCUT2D eigenvalue weighted by molar-refractivity contribution is -0.152. The van der Waals surface area contributed by atoms with Gasteiger partial charge in [-0.3, -0.25) is 4.79 Å². The van der Waals surface area contributed by atoms with E-state index >= 15 is 0 Å². The summed E-state index contributed by atoms with van der Waals surface area (Å²) in [4.78, 5) is 15.1. The predicted octanol–water partition coefficient (Wildman–Crippen LogP) is 8.82. The van der Waals surface area contributed by atoms with Crippen LogP contribution < -0.4 is 0 Å². The van der Waals surface area contributed by atoms with E-state index in [1.807, 2.05) is 0 Å². The molecule has 3 heteroatoms. The lowest BCUT2D eigenvalue weighted by atomic mass is 9.47. The summed E-state index contributed by atoms with van der Waals surface area (Å²) in [7, 11) is 0. The molecular formula is C35H59NO2. The van der Waals surface area contributed by atoms with E-state index in [9.17, 15) is 4.79 Å². The van der Waals surface area contributed by atoms with Gasteiger partial charge in [0.25, 0.3) is 0 Å². The standard InChI is InChI=1S/C35H59NO2/c1-25(2)10-9-11-26(3)30-14-15-31-29-13-12-27-24-28(38-33(37)18-23-36-21-7-6-8-22-36)16-19-34(27,4)32(29)17-20-35(30,31)5/h12,25-26,28-32H,6-11,13-24H2,1-5H3/t26-,28-,29+,30-,31+,32+,34-,35-/m0/s1. The molecule has 0 N–H and O–H groups in total. The average Bonchev–Trinajstić information content (AvgIpc) is 3.25. The van der Waals surface area contributed by atoms with Gasteiger partial charge in [-0.1, -0.05) is 72.0 Å². The Kier molecular flexibility index (Phi) is 9.03. The lowest BCUT2D eigenvalue weighted by Crippen LogP contribution is -2.51. The number of fused-ring (bicyclic) bond motifs is 5. The SMILES string of the molecule is CC(C)CCC[C@H](C)[C@@H]1CC[C@@H]2[C@H]3CC=C4C[C@@H](OC(=O)CCN5CCCCC5)CC[C@]4(C)[C@@H]3CC[C@]21C. The van der Waals surface area contributed by atoms with Crippen molar-refractivity contribution in [3.8, 4) is 0 Å². The summed E-state index contributed by atoms with van der Waals surface area (Å²) < 4.78 is 6.08. The molecule has 4 fully saturated rings. The first-order chi connectivity index (χ1) is 18.2. The van der Waals surface area contributed by atoms with Crippen LogP contribution in [0, 0.1) is 46.3 Å². The minimum atomic E-state index is 0.0337. The summed E-state index contributed by atoms with van der Waals surface area (Å²) in [5.74, 6) is 5.31. The van der Waals surface area contributed by atoms with Crippen LogP contribution in [0.3, 0.4) is 0 Å². The zero-order chi connectivity index (χ0) is 26.9. The first-order valence-corrected chi connectivity index (χ1v) is 16.8. The number of rotatable bonds is 9. The van der Waals surface area contributed by atoms with Gasteiger partial charge in [0.2, 0.25) is 0 Å². The van der Waals surface area contributed by atoms with Gasteiger partial charge < -0.3 is 9.64 Å².